The number of piperidine rings is 1. The lowest BCUT2D eigenvalue weighted by atomic mass is 9.89. The van der Waals surface area contributed by atoms with Crippen LogP contribution in [0.4, 0.5) is 0 Å². The Balaban J connectivity index is 1.52. The monoisotopic (exact) mass is 408 g/mol. The van der Waals surface area contributed by atoms with E-state index in [9.17, 15) is 4.79 Å². The molecule has 1 N–H and O–H groups in total. The molecule has 3 atom stereocenters. The number of nitrogens with one attached hydrogen (secondary N) is 1. The van der Waals surface area contributed by atoms with Gasteiger partial charge in [-0.25, -0.2) is 4.68 Å². The summed E-state index contributed by atoms with van der Waals surface area (Å²) in [5, 5.41) is 8.83. The summed E-state index contributed by atoms with van der Waals surface area (Å²) in [6.07, 6.45) is 4.28. The molecule has 4 rings (SSSR count). The standard InChI is InChI=1S/C24H32N4O2/c1-4-6-12-27-19-13-18(14-20(27)16-30-15-19)25-24(29)23-21-10-7-8-11-22(21)28(26-23)17(3)9-5-2/h7-8,10-11,17-20H,4,6,12-16H2,1-3H3,(H,25,29). The van der Waals surface area contributed by atoms with Crippen LogP contribution in [0.3, 0.4) is 0 Å². The molecule has 0 radical (unpaired) electrons. The van der Waals surface area contributed by atoms with Crippen LogP contribution in [0.2, 0.25) is 0 Å². The van der Waals surface area contributed by atoms with Gasteiger partial charge in [0.2, 0.25) is 0 Å². The number of carbonyl (C=O) groups excluding carboxylic acids is 1. The van der Waals surface area contributed by atoms with Gasteiger partial charge >= 0.3 is 0 Å². The Kier molecular flexibility index (Phi) is 6.40. The number of para-hydroxylation sites is 1. The van der Waals surface area contributed by atoms with Gasteiger partial charge < -0.3 is 10.1 Å². The number of aromatic nitrogens is 2. The van der Waals surface area contributed by atoms with Crippen LogP contribution in [0.5, 0.6) is 0 Å². The number of hydrogen-bond donors (Lipinski definition) is 1. The Morgan fingerprint density at radius 2 is 2.03 bits per heavy atom. The third-order valence-corrected chi connectivity index (χ3v) is 6.33. The molecule has 6 heteroatoms. The fraction of sp³-hybridized carbons (Fsp3) is 0.583. The molecule has 2 aromatic rings. The highest BCUT2D eigenvalue weighted by molar-refractivity contribution is 6.05. The van der Waals surface area contributed by atoms with E-state index < -0.39 is 0 Å². The van der Waals surface area contributed by atoms with E-state index in [1.54, 1.807) is 0 Å². The number of fused-ring (bicyclic) bond motifs is 3. The molecule has 2 aliphatic heterocycles. The molecule has 3 unspecified atom stereocenters. The van der Waals surface area contributed by atoms with Crippen molar-refractivity contribution in [1.29, 1.82) is 0 Å². The van der Waals surface area contributed by atoms with Gasteiger partial charge in [-0.15, -0.1) is 5.92 Å². The predicted molar refractivity (Wildman–Crippen MR) is 118 cm³/mol. The first kappa shape index (κ1) is 20.9. The molecule has 1 aromatic heterocycles. The Labute approximate surface area is 178 Å². The quantitative estimate of drug-likeness (QED) is 0.745. The number of carbonyl (C=O) groups is 1. The Morgan fingerprint density at radius 3 is 2.73 bits per heavy atom. The number of unbranched alkanes of at least 4 members (excludes halogenated alkanes) is 1. The highest BCUT2D eigenvalue weighted by Gasteiger charge is 2.39. The third kappa shape index (κ3) is 4.10. The number of hydrogen-bond acceptors (Lipinski definition) is 4. The zero-order valence-electron chi connectivity index (χ0n) is 18.2. The van der Waals surface area contributed by atoms with Crippen LogP contribution in [0.1, 0.15) is 63.0 Å². The lowest BCUT2D eigenvalue weighted by Gasteiger charge is -2.48. The maximum Gasteiger partial charge on any atom is 0.272 e. The lowest BCUT2D eigenvalue weighted by molar-refractivity contribution is -0.0802. The van der Waals surface area contributed by atoms with Crippen molar-refractivity contribution in [1.82, 2.24) is 20.0 Å². The van der Waals surface area contributed by atoms with Crippen molar-refractivity contribution in [2.24, 2.45) is 0 Å². The summed E-state index contributed by atoms with van der Waals surface area (Å²) in [6, 6.07) is 8.76. The molecule has 0 aliphatic carbocycles. The molecule has 6 nitrogen and oxygen atoms in total. The fourth-order valence-electron chi connectivity index (χ4n) is 4.89. The first-order valence-electron chi connectivity index (χ1n) is 11.2. The highest BCUT2D eigenvalue weighted by atomic mass is 16.5. The van der Waals surface area contributed by atoms with Crippen LogP contribution in [0.15, 0.2) is 24.3 Å². The maximum atomic E-state index is 13.2. The smallest absolute Gasteiger partial charge is 0.272 e. The lowest BCUT2D eigenvalue weighted by Crippen LogP contribution is -2.60. The van der Waals surface area contributed by atoms with Gasteiger partial charge in [0.25, 0.3) is 5.91 Å². The zero-order valence-corrected chi connectivity index (χ0v) is 18.2. The van der Waals surface area contributed by atoms with Gasteiger partial charge in [-0.2, -0.15) is 5.10 Å². The number of rotatable bonds is 6. The number of amides is 1. The highest BCUT2D eigenvalue weighted by Crippen LogP contribution is 2.29. The second kappa shape index (κ2) is 9.20. The normalized spacial score (nSPS) is 24.8. The molecular weight excluding hydrogens is 376 g/mol. The SMILES string of the molecule is CC#CC(C)n1nc(C(=O)NC2CC3COCC(C2)N3CCCC)c2ccccc21. The van der Waals surface area contributed by atoms with Crippen molar-refractivity contribution in [3.05, 3.63) is 30.0 Å². The van der Waals surface area contributed by atoms with Gasteiger partial charge in [-0.1, -0.05) is 37.5 Å². The fourth-order valence-corrected chi connectivity index (χ4v) is 4.89. The largest absolute Gasteiger partial charge is 0.378 e. The Hall–Kier alpha value is -2.36. The Bertz CT molecular complexity index is 943. The van der Waals surface area contributed by atoms with Gasteiger partial charge in [-0.05, 0) is 45.7 Å². The van der Waals surface area contributed by atoms with Crippen molar-refractivity contribution in [2.45, 2.75) is 70.6 Å². The molecule has 1 aromatic carbocycles. The maximum absolute atomic E-state index is 13.2. The Morgan fingerprint density at radius 1 is 1.30 bits per heavy atom. The first-order chi connectivity index (χ1) is 14.6. The van der Waals surface area contributed by atoms with Crippen molar-refractivity contribution >= 4 is 16.8 Å². The average Bonchev–Trinajstić information content (AvgIpc) is 3.12. The molecule has 0 saturated carbocycles. The van der Waals surface area contributed by atoms with E-state index in [1.165, 1.54) is 12.8 Å². The minimum absolute atomic E-state index is 0.0836. The van der Waals surface area contributed by atoms with E-state index in [4.69, 9.17) is 4.74 Å². The average molecular weight is 409 g/mol. The minimum Gasteiger partial charge on any atom is -0.378 e. The molecule has 3 heterocycles. The molecule has 2 aliphatic rings. The molecule has 160 valence electrons. The number of ether oxygens (including phenoxy) is 1. The van der Waals surface area contributed by atoms with Crippen LogP contribution >= 0.6 is 0 Å². The second-order valence-electron chi connectivity index (χ2n) is 8.46. The summed E-state index contributed by atoms with van der Waals surface area (Å²) in [7, 11) is 0. The predicted octanol–water partition coefficient (Wildman–Crippen LogP) is 3.38. The van der Waals surface area contributed by atoms with Crippen LogP contribution in [-0.2, 0) is 4.74 Å². The van der Waals surface area contributed by atoms with Crippen molar-refractivity contribution in [3.63, 3.8) is 0 Å². The second-order valence-corrected chi connectivity index (χ2v) is 8.46. The zero-order chi connectivity index (χ0) is 21.1. The van der Waals surface area contributed by atoms with Gasteiger partial charge in [0.05, 0.1) is 18.7 Å². The molecule has 0 spiro atoms. The van der Waals surface area contributed by atoms with Gasteiger partial charge in [0, 0.05) is 23.5 Å². The summed E-state index contributed by atoms with van der Waals surface area (Å²) < 4.78 is 7.67. The summed E-state index contributed by atoms with van der Waals surface area (Å²) in [6.45, 7) is 8.71. The number of morpholine rings is 1. The molecule has 1 amide bonds. The minimum atomic E-state index is -0.0902. The molecule has 2 bridgehead atoms. The van der Waals surface area contributed by atoms with Crippen molar-refractivity contribution < 1.29 is 9.53 Å². The van der Waals surface area contributed by atoms with E-state index >= 15 is 0 Å². The van der Waals surface area contributed by atoms with Gasteiger partial charge in [0.1, 0.15) is 6.04 Å². The summed E-state index contributed by atoms with van der Waals surface area (Å²) in [5.41, 5.74) is 1.43. The van der Waals surface area contributed by atoms with E-state index in [2.05, 4.69) is 34.1 Å². The van der Waals surface area contributed by atoms with Crippen molar-refractivity contribution in [2.75, 3.05) is 19.8 Å². The van der Waals surface area contributed by atoms with Crippen LogP contribution in [-0.4, -0.2) is 58.5 Å². The van der Waals surface area contributed by atoms with Crippen molar-refractivity contribution in [3.8, 4) is 11.8 Å². The van der Waals surface area contributed by atoms with E-state index in [0.29, 0.717) is 17.8 Å². The molecular formula is C24H32N4O2. The van der Waals surface area contributed by atoms with Crippen LogP contribution in [0, 0.1) is 11.8 Å². The molecule has 2 saturated heterocycles. The summed E-state index contributed by atoms with van der Waals surface area (Å²) >= 11 is 0. The first-order valence-corrected chi connectivity index (χ1v) is 11.2. The third-order valence-electron chi connectivity index (χ3n) is 6.33. The van der Waals surface area contributed by atoms with Crippen LogP contribution < -0.4 is 5.32 Å². The van der Waals surface area contributed by atoms with Gasteiger partial charge in [0.15, 0.2) is 5.69 Å². The molecule has 30 heavy (non-hydrogen) atoms. The molecule has 2 fully saturated rings. The van der Waals surface area contributed by atoms with Crippen LogP contribution in [0.25, 0.3) is 10.9 Å². The number of nitrogens with zero attached hydrogens (tertiary/aromatic N) is 3. The topological polar surface area (TPSA) is 59.4 Å². The van der Waals surface area contributed by atoms with E-state index in [0.717, 1.165) is 43.5 Å². The van der Waals surface area contributed by atoms with E-state index in [1.807, 2.05) is 42.8 Å². The van der Waals surface area contributed by atoms with Gasteiger partial charge in [-0.3, -0.25) is 9.69 Å². The summed E-state index contributed by atoms with van der Waals surface area (Å²) in [4.78, 5) is 15.8. The summed E-state index contributed by atoms with van der Waals surface area (Å²) in [5.74, 6) is 5.99. The number of benzene rings is 1. The van der Waals surface area contributed by atoms with E-state index in [-0.39, 0.29) is 18.0 Å².